The van der Waals surface area contributed by atoms with Crippen LogP contribution in [-0.2, 0) is 0 Å². The average molecular weight is 433 g/mol. The van der Waals surface area contributed by atoms with Crippen LogP contribution in [-0.4, -0.2) is 15.9 Å². The lowest BCUT2D eigenvalue weighted by Crippen LogP contribution is -2.12. The fraction of sp³-hybridized carbons (Fsp3) is 0.0417. The second kappa shape index (κ2) is 8.93. The number of carbonyl (C=O) groups is 1. The Morgan fingerprint density at radius 2 is 1.74 bits per heavy atom. The van der Waals surface area contributed by atoms with Crippen LogP contribution in [0, 0.1) is 12.7 Å². The van der Waals surface area contributed by atoms with E-state index >= 15 is 0 Å². The summed E-state index contributed by atoms with van der Waals surface area (Å²) in [4.78, 5) is 21.2. The van der Waals surface area contributed by atoms with Crippen LogP contribution >= 0.6 is 11.6 Å². The van der Waals surface area contributed by atoms with Gasteiger partial charge in [-0.3, -0.25) is 4.79 Å². The van der Waals surface area contributed by atoms with Crippen molar-refractivity contribution in [1.82, 2.24) is 9.97 Å². The SMILES string of the molecule is Cc1ccc(-c2cc(Nc3cccc(C(=O)Nc4ccc(F)c(Cl)c4)c3)ncn2)cc1. The first-order valence-corrected chi connectivity index (χ1v) is 9.88. The van der Waals surface area contributed by atoms with Crippen molar-refractivity contribution in [2.75, 3.05) is 10.6 Å². The van der Waals surface area contributed by atoms with Crippen LogP contribution < -0.4 is 10.6 Å². The van der Waals surface area contributed by atoms with Crippen LogP contribution in [0.4, 0.5) is 21.6 Å². The van der Waals surface area contributed by atoms with Crippen molar-refractivity contribution in [1.29, 1.82) is 0 Å². The van der Waals surface area contributed by atoms with Gasteiger partial charge in [-0.1, -0.05) is 47.5 Å². The molecule has 0 atom stereocenters. The standard InChI is InChI=1S/C24H18ClFN4O/c1-15-5-7-16(8-6-15)22-13-23(28-14-27-22)29-18-4-2-3-17(11-18)24(31)30-19-9-10-21(26)20(25)12-19/h2-14H,1H3,(H,30,31)(H,27,28,29). The number of amides is 1. The molecule has 0 unspecified atom stereocenters. The largest absolute Gasteiger partial charge is 0.340 e. The Labute approximate surface area is 184 Å². The molecule has 0 fully saturated rings. The molecule has 0 saturated carbocycles. The monoisotopic (exact) mass is 432 g/mol. The number of anilines is 3. The van der Waals surface area contributed by atoms with E-state index in [1.54, 1.807) is 18.2 Å². The van der Waals surface area contributed by atoms with E-state index in [1.807, 2.05) is 43.3 Å². The van der Waals surface area contributed by atoms with Crippen molar-refractivity contribution in [3.8, 4) is 11.3 Å². The van der Waals surface area contributed by atoms with Gasteiger partial charge in [-0.05, 0) is 43.3 Å². The lowest BCUT2D eigenvalue weighted by molar-refractivity contribution is 0.102. The molecule has 0 saturated heterocycles. The molecule has 0 radical (unpaired) electrons. The number of carbonyl (C=O) groups excluding carboxylic acids is 1. The van der Waals surface area contributed by atoms with Gasteiger partial charge in [0.05, 0.1) is 10.7 Å². The number of aryl methyl sites for hydroxylation is 1. The molecule has 4 rings (SSSR count). The maximum absolute atomic E-state index is 13.3. The third-order valence-corrected chi connectivity index (χ3v) is 4.88. The van der Waals surface area contributed by atoms with Crippen LogP contribution in [0.15, 0.2) is 79.1 Å². The molecule has 7 heteroatoms. The zero-order valence-corrected chi connectivity index (χ0v) is 17.3. The second-order valence-corrected chi connectivity index (χ2v) is 7.35. The van der Waals surface area contributed by atoms with E-state index in [4.69, 9.17) is 11.6 Å². The molecular weight excluding hydrogens is 415 g/mol. The normalized spacial score (nSPS) is 10.5. The van der Waals surface area contributed by atoms with E-state index in [0.29, 0.717) is 22.8 Å². The molecule has 3 aromatic carbocycles. The summed E-state index contributed by atoms with van der Waals surface area (Å²) in [5.41, 5.74) is 4.49. The van der Waals surface area contributed by atoms with Gasteiger partial charge in [0.25, 0.3) is 5.91 Å². The van der Waals surface area contributed by atoms with Crippen LogP contribution in [0.3, 0.4) is 0 Å². The van der Waals surface area contributed by atoms with Gasteiger partial charge in [-0.25, -0.2) is 14.4 Å². The zero-order valence-electron chi connectivity index (χ0n) is 16.6. The Kier molecular flexibility index (Phi) is 5.91. The number of hydrogen-bond acceptors (Lipinski definition) is 4. The Hall–Kier alpha value is -3.77. The van der Waals surface area contributed by atoms with E-state index in [9.17, 15) is 9.18 Å². The third-order valence-electron chi connectivity index (χ3n) is 4.59. The maximum Gasteiger partial charge on any atom is 0.255 e. The fourth-order valence-electron chi connectivity index (χ4n) is 2.97. The Morgan fingerprint density at radius 1 is 0.935 bits per heavy atom. The number of nitrogens with zero attached hydrogens (tertiary/aromatic N) is 2. The van der Waals surface area contributed by atoms with E-state index in [0.717, 1.165) is 11.3 Å². The smallest absolute Gasteiger partial charge is 0.255 e. The Balaban J connectivity index is 1.51. The summed E-state index contributed by atoms with van der Waals surface area (Å²) in [6.45, 7) is 2.03. The summed E-state index contributed by atoms with van der Waals surface area (Å²) >= 11 is 5.78. The molecular formula is C24H18ClFN4O. The first kappa shape index (κ1) is 20.5. The highest BCUT2D eigenvalue weighted by Gasteiger charge is 2.09. The molecule has 1 heterocycles. The van der Waals surface area contributed by atoms with Gasteiger partial charge in [0, 0.05) is 28.6 Å². The molecule has 0 aliphatic rings. The molecule has 4 aromatic rings. The van der Waals surface area contributed by atoms with E-state index < -0.39 is 5.82 Å². The summed E-state index contributed by atoms with van der Waals surface area (Å²) in [7, 11) is 0. The number of rotatable bonds is 5. The maximum atomic E-state index is 13.3. The van der Waals surface area contributed by atoms with Crippen molar-refractivity contribution in [2.45, 2.75) is 6.92 Å². The summed E-state index contributed by atoms with van der Waals surface area (Å²) in [5.74, 6) is -0.275. The highest BCUT2D eigenvalue weighted by Crippen LogP contribution is 2.23. The predicted octanol–water partition coefficient (Wildman–Crippen LogP) is 6.24. The first-order chi connectivity index (χ1) is 15.0. The van der Waals surface area contributed by atoms with E-state index in [-0.39, 0.29) is 10.9 Å². The second-order valence-electron chi connectivity index (χ2n) is 6.94. The molecule has 2 N–H and O–H groups in total. The summed E-state index contributed by atoms with van der Waals surface area (Å²) in [6.07, 6.45) is 1.49. The van der Waals surface area contributed by atoms with Crippen LogP contribution in [0.5, 0.6) is 0 Å². The molecule has 0 aliphatic heterocycles. The third kappa shape index (κ3) is 5.05. The van der Waals surface area contributed by atoms with Gasteiger partial charge in [0.1, 0.15) is 18.0 Å². The van der Waals surface area contributed by atoms with Gasteiger partial charge in [-0.2, -0.15) is 0 Å². The average Bonchev–Trinajstić information content (AvgIpc) is 2.77. The number of hydrogen-bond donors (Lipinski definition) is 2. The number of halogens is 2. The van der Waals surface area contributed by atoms with E-state index in [2.05, 4.69) is 20.6 Å². The van der Waals surface area contributed by atoms with Crippen LogP contribution in [0.1, 0.15) is 15.9 Å². The van der Waals surface area contributed by atoms with Crippen LogP contribution in [0.2, 0.25) is 5.02 Å². The minimum absolute atomic E-state index is 0.0543. The lowest BCUT2D eigenvalue weighted by Gasteiger charge is -2.10. The lowest BCUT2D eigenvalue weighted by atomic mass is 10.1. The van der Waals surface area contributed by atoms with Gasteiger partial charge in [0.15, 0.2) is 0 Å². The molecule has 1 aromatic heterocycles. The minimum atomic E-state index is -0.541. The molecule has 5 nitrogen and oxygen atoms in total. The van der Waals surface area contributed by atoms with Gasteiger partial charge in [-0.15, -0.1) is 0 Å². The van der Waals surface area contributed by atoms with Crippen molar-refractivity contribution >= 4 is 34.7 Å². The zero-order chi connectivity index (χ0) is 21.8. The minimum Gasteiger partial charge on any atom is -0.340 e. The molecule has 0 aliphatic carbocycles. The van der Waals surface area contributed by atoms with E-state index in [1.165, 1.54) is 30.1 Å². The summed E-state index contributed by atoms with van der Waals surface area (Å²) in [5, 5.41) is 5.85. The molecule has 154 valence electrons. The fourth-order valence-corrected chi connectivity index (χ4v) is 3.15. The van der Waals surface area contributed by atoms with Crippen LogP contribution in [0.25, 0.3) is 11.3 Å². The van der Waals surface area contributed by atoms with Crippen molar-refractivity contribution in [3.63, 3.8) is 0 Å². The summed E-state index contributed by atoms with van der Waals surface area (Å²) in [6, 6.07) is 20.9. The van der Waals surface area contributed by atoms with Crippen molar-refractivity contribution in [3.05, 3.63) is 101 Å². The topological polar surface area (TPSA) is 66.9 Å². The highest BCUT2D eigenvalue weighted by molar-refractivity contribution is 6.31. The number of nitrogens with one attached hydrogen (secondary N) is 2. The Bertz CT molecular complexity index is 1240. The molecule has 1 amide bonds. The molecule has 0 bridgehead atoms. The predicted molar refractivity (Wildman–Crippen MR) is 121 cm³/mol. The quantitative estimate of drug-likeness (QED) is 0.391. The number of aromatic nitrogens is 2. The summed E-state index contributed by atoms with van der Waals surface area (Å²) < 4.78 is 13.3. The Morgan fingerprint density at radius 3 is 2.52 bits per heavy atom. The first-order valence-electron chi connectivity index (χ1n) is 9.50. The molecule has 0 spiro atoms. The van der Waals surface area contributed by atoms with Gasteiger partial charge >= 0.3 is 0 Å². The van der Waals surface area contributed by atoms with Gasteiger partial charge < -0.3 is 10.6 Å². The highest BCUT2D eigenvalue weighted by atomic mass is 35.5. The van der Waals surface area contributed by atoms with Gasteiger partial charge in [0.2, 0.25) is 0 Å². The molecule has 31 heavy (non-hydrogen) atoms. The van der Waals surface area contributed by atoms with Crippen molar-refractivity contribution in [2.24, 2.45) is 0 Å². The number of benzene rings is 3. The van der Waals surface area contributed by atoms with Crippen molar-refractivity contribution < 1.29 is 9.18 Å².